The molecule has 0 saturated carbocycles. The van der Waals surface area contributed by atoms with Crippen LogP contribution in [0.1, 0.15) is 44.9 Å². The molecule has 104 valence electrons. The Morgan fingerprint density at radius 1 is 1.06 bits per heavy atom. The highest BCUT2D eigenvalue weighted by Crippen LogP contribution is 2.18. The number of carbonyl (C=O) groups is 2. The SMILES string of the molecule is NCCCCCCC(=O)N1CCC(C(N)=O)CC1. The fourth-order valence-electron chi connectivity index (χ4n) is 2.35. The Hall–Kier alpha value is -1.10. The third-order valence-corrected chi connectivity index (χ3v) is 3.59. The lowest BCUT2D eigenvalue weighted by atomic mass is 9.96. The molecule has 0 aromatic rings. The van der Waals surface area contributed by atoms with Gasteiger partial charge in [0.2, 0.25) is 11.8 Å². The molecule has 0 aliphatic carbocycles. The Bertz CT molecular complexity index is 273. The Morgan fingerprint density at radius 3 is 2.22 bits per heavy atom. The lowest BCUT2D eigenvalue weighted by molar-refractivity contribution is -0.135. The molecule has 0 radical (unpaired) electrons. The van der Waals surface area contributed by atoms with Crippen LogP contribution in [0.15, 0.2) is 0 Å². The predicted octanol–water partition coefficient (Wildman–Crippen LogP) is 0.620. The van der Waals surface area contributed by atoms with Gasteiger partial charge in [0.15, 0.2) is 0 Å². The summed E-state index contributed by atoms with van der Waals surface area (Å²) in [6, 6.07) is 0. The molecule has 4 N–H and O–H groups in total. The van der Waals surface area contributed by atoms with Gasteiger partial charge in [-0.1, -0.05) is 12.8 Å². The van der Waals surface area contributed by atoms with Crippen LogP contribution >= 0.6 is 0 Å². The maximum Gasteiger partial charge on any atom is 0.222 e. The second-order valence-corrected chi connectivity index (χ2v) is 5.01. The molecule has 18 heavy (non-hydrogen) atoms. The highest BCUT2D eigenvalue weighted by atomic mass is 16.2. The topological polar surface area (TPSA) is 89.4 Å². The number of carbonyl (C=O) groups excluding carboxylic acids is 2. The summed E-state index contributed by atoms with van der Waals surface area (Å²) in [6.45, 7) is 2.08. The lowest BCUT2D eigenvalue weighted by Crippen LogP contribution is -2.41. The van der Waals surface area contributed by atoms with Gasteiger partial charge in [0.05, 0.1) is 0 Å². The van der Waals surface area contributed by atoms with Gasteiger partial charge in [-0.25, -0.2) is 0 Å². The van der Waals surface area contributed by atoms with Crippen molar-refractivity contribution in [2.75, 3.05) is 19.6 Å². The van der Waals surface area contributed by atoms with Crippen molar-refractivity contribution >= 4 is 11.8 Å². The molecule has 1 heterocycles. The van der Waals surface area contributed by atoms with Gasteiger partial charge < -0.3 is 16.4 Å². The fourth-order valence-corrected chi connectivity index (χ4v) is 2.35. The van der Waals surface area contributed by atoms with E-state index in [4.69, 9.17) is 11.5 Å². The number of hydrogen-bond donors (Lipinski definition) is 2. The molecule has 1 aliphatic rings. The average molecular weight is 255 g/mol. The number of unbranched alkanes of at least 4 members (excludes halogenated alkanes) is 3. The third-order valence-electron chi connectivity index (χ3n) is 3.59. The minimum atomic E-state index is -0.233. The molecule has 1 saturated heterocycles. The number of primary amides is 1. The van der Waals surface area contributed by atoms with E-state index in [0.29, 0.717) is 32.4 Å². The summed E-state index contributed by atoms with van der Waals surface area (Å²) in [6.07, 6.45) is 6.20. The molecule has 1 rings (SSSR count). The Labute approximate surface area is 109 Å². The number of nitrogens with two attached hydrogens (primary N) is 2. The van der Waals surface area contributed by atoms with Crippen LogP contribution in [0.25, 0.3) is 0 Å². The van der Waals surface area contributed by atoms with Gasteiger partial charge in [-0.2, -0.15) is 0 Å². The Balaban J connectivity index is 2.14. The zero-order chi connectivity index (χ0) is 13.4. The minimum Gasteiger partial charge on any atom is -0.369 e. The summed E-state index contributed by atoms with van der Waals surface area (Å²) in [5.74, 6) is -0.0619. The molecule has 0 spiro atoms. The van der Waals surface area contributed by atoms with Crippen molar-refractivity contribution in [1.29, 1.82) is 0 Å². The number of likely N-dealkylation sites (tertiary alicyclic amines) is 1. The number of nitrogens with zero attached hydrogens (tertiary/aromatic N) is 1. The molecule has 0 aromatic carbocycles. The molecular weight excluding hydrogens is 230 g/mol. The van der Waals surface area contributed by atoms with Gasteiger partial charge in [0.25, 0.3) is 0 Å². The highest BCUT2D eigenvalue weighted by Gasteiger charge is 2.25. The predicted molar refractivity (Wildman–Crippen MR) is 70.6 cm³/mol. The van der Waals surface area contributed by atoms with Crippen molar-refractivity contribution < 1.29 is 9.59 Å². The normalized spacial score (nSPS) is 16.8. The Morgan fingerprint density at radius 2 is 1.67 bits per heavy atom. The zero-order valence-electron chi connectivity index (χ0n) is 11.1. The maximum absolute atomic E-state index is 11.9. The van der Waals surface area contributed by atoms with E-state index in [-0.39, 0.29) is 17.7 Å². The number of piperidine rings is 1. The standard InChI is InChI=1S/C13H25N3O2/c14-8-4-2-1-3-5-12(17)16-9-6-11(7-10-16)13(15)18/h11H,1-10,14H2,(H2,15,18). The summed E-state index contributed by atoms with van der Waals surface area (Å²) in [5, 5.41) is 0. The second-order valence-electron chi connectivity index (χ2n) is 5.01. The minimum absolute atomic E-state index is 0.0430. The summed E-state index contributed by atoms with van der Waals surface area (Å²) >= 11 is 0. The quantitative estimate of drug-likeness (QED) is 0.653. The van der Waals surface area contributed by atoms with Crippen LogP contribution in [0, 0.1) is 5.92 Å². The van der Waals surface area contributed by atoms with E-state index < -0.39 is 0 Å². The molecular formula is C13H25N3O2. The van der Waals surface area contributed by atoms with E-state index in [1.54, 1.807) is 0 Å². The molecule has 5 nitrogen and oxygen atoms in total. The largest absolute Gasteiger partial charge is 0.369 e. The van der Waals surface area contributed by atoms with Crippen LogP contribution in [0.4, 0.5) is 0 Å². The van der Waals surface area contributed by atoms with Crippen molar-refractivity contribution in [3.8, 4) is 0 Å². The van der Waals surface area contributed by atoms with Crippen molar-refractivity contribution in [1.82, 2.24) is 4.90 Å². The fraction of sp³-hybridized carbons (Fsp3) is 0.846. The Kier molecular flexibility index (Phi) is 6.72. The van der Waals surface area contributed by atoms with E-state index in [1.807, 2.05) is 4.90 Å². The van der Waals surface area contributed by atoms with E-state index >= 15 is 0 Å². The van der Waals surface area contributed by atoms with E-state index in [1.165, 1.54) is 0 Å². The second kappa shape index (κ2) is 8.08. The van der Waals surface area contributed by atoms with Gasteiger partial charge in [0.1, 0.15) is 0 Å². The van der Waals surface area contributed by atoms with Crippen molar-refractivity contribution in [2.45, 2.75) is 44.9 Å². The maximum atomic E-state index is 11.9. The smallest absolute Gasteiger partial charge is 0.222 e. The monoisotopic (exact) mass is 255 g/mol. The molecule has 0 aromatic heterocycles. The van der Waals surface area contributed by atoms with Crippen LogP contribution in [-0.4, -0.2) is 36.3 Å². The van der Waals surface area contributed by atoms with Gasteiger partial charge in [-0.3, -0.25) is 9.59 Å². The van der Waals surface area contributed by atoms with Crippen molar-refractivity contribution in [3.05, 3.63) is 0 Å². The van der Waals surface area contributed by atoms with Crippen LogP contribution in [-0.2, 0) is 9.59 Å². The highest BCUT2D eigenvalue weighted by molar-refractivity contribution is 5.78. The van der Waals surface area contributed by atoms with Crippen LogP contribution in [0.5, 0.6) is 0 Å². The van der Waals surface area contributed by atoms with Gasteiger partial charge in [-0.15, -0.1) is 0 Å². The number of hydrogen-bond acceptors (Lipinski definition) is 3. The molecule has 2 amide bonds. The first-order valence-corrected chi connectivity index (χ1v) is 6.92. The molecule has 1 aliphatic heterocycles. The summed E-state index contributed by atoms with van der Waals surface area (Å²) in [5.41, 5.74) is 10.7. The summed E-state index contributed by atoms with van der Waals surface area (Å²) in [7, 11) is 0. The average Bonchev–Trinajstić information content (AvgIpc) is 2.38. The van der Waals surface area contributed by atoms with Crippen LogP contribution in [0.2, 0.25) is 0 Å². The van der Waals surface area contributed by atoms with Gasteiger partial charge in [-0.05, 0) is 32.2 Å². The van der Waals surface area contributed by atoms with Crippen LogP contribution in [0.3, 0.4) is 0 Å². The molecule has 0 unspecified atom stereocenters. The van der Waals surface area contributed by atoms with E-state index in [2.05, 4.69) is 0 Å². The third kappa shape index (κ3) is 5.04. The first-order chi connectivity index (χ1) is 8.65. The van der Waals surface area contributed by atoms with Gasteiger partial charge in [0, 0.05) is 25.4 Å². The number of rotatable bonds is 7. The molecule has 0 bridgehead atoms. The first-order valence-electron chi connectivity index (χ1n) is 6.92. The summed E-state index contributed by atoms with van der Waals surface area (Å²) in [4.78, 5) is 24.8. The van der Waals surface area contributed by atoms with Crippen LogP contribution < -0.4 is 11.5 Å². The van der Waals surface area contributed by atoms with E-state index in [0.717, 1.165) is 32.2 Å². The number of amides is 2. The lowest BCUT2D eigenvalue weighted by Gasteiger charge is -2.30. The molecule has 0 atom stereocenters. The van der Waals surface area contributed by atoms with Gasteiger partial charge >= 0.3 is 0 Å². The summed E-state index contributed by atoms with van der Waals surface area (Å²) < 4.78 is 0. The van der Waals surface area contributed by atoms with E-state index in [9.17, 15) is 9.59 Å². The van der Waals surface area contributed by atoms with Crippen molar-refractivity contribution in [2.24, 2.45) is 17.4 Å². The molecule has 5 heteroatoms. The van der Waals surface area contributed by atoms with Crippen molar-refractivity contribution in [3.63, 3.8) is 0 Å². The molecule has 1 fully saturated rings. The zero-order valence-corrected chi connectivity index (χ0v) is 11.1. The first kappa shape index (κ1) is 15.0.